The third kappa shape index (κ3) is 3.24. The summed E-state index contributed by atoms with van der Waals surface area (Å²) in [6.07, 6.45) is 4.45. The number of carbonyl (C=O) groups excluding carboxylic acids is 1. The molecule has 4 nitrogen and oxygen atoms in total. The average Bonchev–Trinajstić information content (AvgIpc) is 3.47. The van der Waals surface area contributed by atoms with Crippen LogP contribution in [0.1, 0.15) is 30.0 Å². The minimum atomic E-state index is 0.228. The molecule has 3 fully saturated rings. The molecule has 0 N–H and O–H groups in total. The molecule has 2 saturated heterocycles. The van der Waals surface area contributed by atoms with Crippen molar-refractivity contribution in [2.24, 2.45) is 17.8 Å². The number of carbonyl (C=O) groups is 1. The Hall–Kier alpha value is -2.59. The van der Waals surface area contributed by atoms with E-state index in [1.165, 1.54) is 16.7 Å². The standard InChI is InChI=1S/C26H28N2O2/c29-26(20-10-11-20)28-15-22-14-27(16-23(22)25(28)19-6-2-1-3-7-19)13-18-12-21-8-4-5-9-24(21)30-17-18/h1-9,12,20,22-23,25H,10-11,13-17H2/t22-,23-,25-/m0/s1. The van der Waals surface area contributed by atoms with E-state index in [9.17, 15) is 4.79 Å². The largest absolute Gasteiger partial charge is 0.489 e. The summed E-state index contributed by atoms with van der Waals surface area (Å²) in [5.41, 5.74) is 3.83. The Balaban J connectivity index is 1.21. The van der Waals surface area contributed by atoms with Gasteiger partial charge >= 0.3 is 0 Å². The molecule has 1 saturated carbocycles. The van der Waals surface area contributed by atoms with Crippen LogP contribution < -0.4 is 4.74 Å². The zero-order valence-corrected chi connectivity index (χ0v) is 17.2. The molecule has 1 aliphatic carbocycles. The van der Waals surface area contributed by atoms with Gasteiger partial charge in [-0.1, -0.05) is 48.5 Å². The van der Waals surface area contributed by atoms with Gasteiger partial charge in [0.1, 0.15) is 12.4 Å². The Morgan fingerprint density at radius 1 is 0.967 bits per heavy atom. The molecule has 0 spiro atoms. The number of benzene rings is 2. The maximum absolute atomic E-state index is 13.0. The first-order valence-electron chi connectivity index (χ1n) is 11.3. The summed E-state index contributed by atoms with van der Waals surface area (Å²) in [7, 11) is 0. The monoisotopic (exact) mass is 400 g/mol. The van der Waals surface area contributed by atoms with Crippen molar-refractivity contribution in [3.63, 3.8) is 0 Å². The summed E-state index contributed by atoms with van der Waals surface area (Å²) in [6.45, 7) is 4.67. The highest BCUT2D eigenvalue weighted by molar-refractivity contribution is 5.82. The number of ether oxygens (including phenoxy) is 1. The SMILES string of the molecule is O=C(C1CC1)N1C[C@@H]2CN(CC3=Cc4ccccc4OC3)C[C@@H]2[C@@H]1c1ccccc1. The van der Waals surface area contributed by atoms with Gasteiger partial charge in [-0.2, -0.15) is 0 Å². The van der Waals surface area contributed by atoms with Gasteiger partial charge in [0.05, 0.1) is 6.04 Å². The summed E-state index contributed by atoms with van der Waals surface area (Å²) in [5.74, 6) is 2.75. The molecular weight excluding hydrogens is 372 g/mol. The van der Waals surface area contributed by atoms with Crippen molar-refractivity contribution in [1.82, 2.24) is 9.80 Å². The van der Waals surface area contributed by atoms with Crippen molar-refractivity contribution >= 4 is 12.0 Å². The van der Waals surface area contributed by atoms with Crippen molar-refractivity contribution in [1.29, 1.82) is 0 Å². The molecule has 0 radical (unpaired) electrons. The summed E-state index contributed by atoms with van der Waals surface area (Å²) in [5, 5.41) is 0. The van der Waals surface area contributed by atoms with E-state index in [0.717, 1.165) is 44.8 Å². The van der Waals surface area contributed by atoms with Crippen LogP contribution in [0.3, 0.4) is 0 Å². The van der Waals surface area contributed by atoms with Crippen LogP contribution in [0, 0.1) is 17.8 Å². The van der Waals surface area contributed by atoms with Crippen LogP contribution in [0.25, 0.3) is 6.08 Å². The second-order valence-electron chi connectivity index (χ2n) is 9.37. The number of likely N-dealkylation sites (tertiary alicyclic amines) is 2. The number of para-hydroxylation sites is 1. The lowest BCUT2D eigenvalue weighted by molar-refractivity contribution is -0.134. The first-order chi connectivity index (χ1) is 14.8. The van der Waals surface area contributed by atoms with Gasteiger partial charge in [-0.25, -0.2) is 0 Å². The zero-order chi connectivity index (χ0) is 20.1. The summed E-state index contributed by atoms with van der Waals surface area (Å²) in [4.78, 5) is 17.8. The fraction of sp³-hybridized carbons (Fsp3) is 0.423. The fourth-order valence-corrected chi connectivity index (χ4v) is 5.68. The lowest BCUT2D eigenvalue weighted by Gasteiger charge is -2.30. The molecule has 154 valence electrons. The molecule has 3 heterocycles. The Kier molecular flexibility index (Phi) is 4.41. The lowest BCUT2D eigenvalue weighted by Crippen LogP contribution is -2.37. The van der Waals surface area contributed by atoms with Crippen LogP contribution >= 0.6 is 0 Å². The van der Waals surface area contributed by atoms with Crippen molar-refractivity contribution in [2.75, 3.05) is 32.8 Å². The third-order valence-corrected chi connectivity index (χ3v) is 7.21. The van der Waals surface area contributed by atoms with Crippen LogP contribution in [-0.2, 0) is 4.79 Å². The van der Waals surface area contributed by atoms with Crippen LogP contribution in [0.2, 0.25) is 0 Å². The highest BCUT2D eigenvalue weighted by Crippen LogP contribution is 2.47. The minimum Gasteiger partial charge on any atom is -0.489 e. The second kappa shape index (κ2) is 7.28. The highest BCUT2D eigenvalue weighted by Gasteiger charge is 2.51. The molecule has 1 amide bonds. The maximum atomic E-state index is 13.0. The minimum absolute atomic E-state index is 0.228. The molecular formula is C26H28N2O2. The predicted molar refractivity (Wildman–Crippen MR) is 117 cm³/mol. The molecule has 30 heavy (non-hydrogen) atoms. The molecule has 3 aliphatic heterocycles. The molecule has 3 atom stereocenters. The second-order valence-corrected chi connectivity index (χ2v) is 9.37. The Morgan fingerprint density at radius 2 is 1.77 bits per heavy atom. The topological polar surface area (TPSA) is 32.8 Å². The van der Waals surface area contributed by atoms with E-state index >= 15 is 0 Å². The first kappa shape index (κ1) is 18.2. The number of rotatable bonds is 4. The lowest BCUT2D eigenvalue weighted by atomic mass is 9.89. The van der Waals surface area contributed by atoms with E-state index in [1.807, 2.05) is 12.1 Å². The zero-order valence-electron chi connectivity index (χ0n) is 17.2. The number of fused-ring (bicyclic) bond motifs is 2. The molecule has 0 unspecified atom stereocenters. The van der Waals surface area contributed by atoms with Gasteiger partial charge in [0, 0.05) is 43.6 Å². The molecule has 0 aromatic heterocycles. The smallest absolute Gasteiger partial charge is 0.226 e. The first-order valence-corrected chi connectivity index (χ1v) is 11.3. The Morgan fingerprint density at radius 3 is 2.60 bits per heavy atom. The van der Waals surface area contributed by atoms with Crippen LogP contribution in [-0.4, -0.2) is 48.5 Å². The van der Waals surface area contributed by atoms with Gasteiger partial charge in [0.25, 0.3) is 0 Å². The van der Waals surface area contributed by atoms with E-state index in [0.29, 0.717) is 24.3 Å². The quantitative estimate of drug-likeness (QED) is 0.778. The van der Waals surface area contributed by atoms with Crippen LogP contribution in [0.4, 0.5) is 0 Å². The Labute approximate surface area is 178 Å². The van der Waals surface area contributed by atoms with Gasteiger partial charge in [-0.15, -0.1) is 0 Å². The fourth-order valence-electron chi connectivity index (χ4n) is 5.68. The van der Waals surface area contributed by atoms with Crippen LogP contribution in [0.5, 0.6) is 5.75 Å². The molecule has 6 rings (SSSR count). The van der Waals surface area contributed by atoms with E-state index in [4.69, 9.17) is 4.74 Å². The van der Waals surface area contributed by atoms with E-state index < -0.39 is 0 Å². The number of hydrogen-bond acceptors (Lipinski definition) is 3. The van der Waals surface area contributed by atoms with E-state index in [2.05, 4.69) is 58.3 Å². The average molecular weight is 401 g/mol. The van der Waals surface area contributed by atoms with Crippen LogP contribution in [0.15, 0.2) is 60.2 Å². The summed E-state index contributed by atoms with van der Waals surface area (Å²) < 4.78 is 5.96. The Bertz CT molecular complexity index is 982. The van der Waals surface area contributed by atoms with E-state index in [1.54, 1.807) is 0 Å². The molecule has 4 aliphatic rings. The van der Waals surface area contributed by atoms with Crippen molar-refractivity contribution in [3.8, 4) is 5.75 Å². The molecule has 2 aromatic rings. The summed E-state index contributed by atoms with van der Waals surface area (Å²) >= 11 is 0. The van der Waals surface area contributed by atoms with Crippen molar-refractivity contribution in [3.05, 3.63) is 71.3 Å². The van der Waals surface area contributed by atoms with Gasteiger partial charge in [-0.05, 0) is 42.0 Å². The highest BCUT2D eigenvalue weighted by atomic mass is 16.5. The third-order valence-electron chi connectivity index (χ3n) is 7.21. The van der Waals surface area contributed by atoms with E-state index in [-0.39, 0.29) is 12.0 Å². The maximum Gasteiger partial charge on any atom is 0.226 e. The van der Waals surface area contributed by atoms with Gasteiger partial charge in [0.15, 0.2) is 0 Å². The normalized spacial score (nSPS) is 27.9. The predicted octanol–water partition coefficient (Wildman–Crippen LogP) is 4.00. The van der Waals surface area contributed by atoms with Gasteiger partial charge in [0.2, 0.25) is 5.91 Å². The number of amides is 1. The van der Waals surface area contributed by atoms with Gasteiger partial charge in [-0.3, -0.25) is 9.69 Å². The van der Waals surface area contributed by atoms with Gasteiger partial charge < -0.3 is 9.64 Å². The number of nitrogens with zero attached hydrogens (tertiary/aromatic N) is 2. The number of hydrogen-bond donors (Lipinski definition) is 0. The molecule has 4 heteroatoms. The summed E-state index contributed by atoms with van der Waals surface area (Å²) in [6, 6.07) is 19.2. The van der Waals surface area contributed by atoms with Crippen molar-refractivity contribution < 1.29 is 9.53 Å². The molecule has 0 bridgehead atoms. The molecule has 2 aromatic carbocycles. The van der Waals surface area contributed by atoms with Crippen molar-refractivity contribution in [2.45, 2.75) is 18.9 Å².